The van der Waals surface area contributed by atoms with Crippen molar-refractivity contribution < 1.29 is 0 Å². The highest BCUT2D eigenvalue weighted by molar-refractivity contribution is 5.32. The number of rotatable bonds is 4. The predicted molar refractivity (Wildman–Crippen MR) is 70.7 cm³/mol. The van der Waals surface area contributed by atoms with E-state index in [4.69, 9.17) is 5.73 Å². The topological polar surface area (TPSA) is 38.9 Å². The zero-order valence-corrected chi connectivity index (χ0v) is 10.1. The number of nitrogens with zero attached hydrogens (tertiary/aromatic N) is 1. The Morgan fingerprint density at radius 1 is 1.18 bits per heavy atom. The normalized spacial score (nSPS) is 12.4. The van der Waals surface area contributed by atoms with Gasteiger partial charge in [0, 0.05) is 12.4 Å². The van der Waals surface area contributed by atoms with Crippen molar-refractivity contribution in [2.24, 2.45) is 5.73 Å². The molecule has 0 fully saturated rings. The first-order valence-corrected chi connectivity index (χ1v) is 6.05. The summed E-state index contributed by atoms with van der Waals surface area (Å²) in [6.45, 7) is 2.19. The molecule has 0 saturated heterocycles. The summed E-state index contributed by atoms with van der Waals surface area (Å²) in [4.78, 5) is 4.11. The van der Waals surface area contributed by atoms with E-state index in [-0.39, 0.29) is 6.04 Å². The molecule has 0 radical (unpaired) electrons. The molecule has 88 valence electrons. The van der Waals surface area contributed by atoms with Gasteiger partial charge in [0.15, 0.2) is 0 Å². The molecule has 0 saturated carbocycles. The van der Waals surface area contributed by atoms with E-state index in [2.05, 4.69) is 36.2 Å². The quantitative estimate of drug-likeness (QED) is 0.870. The molecule has 2 aromatic rings. The van der Waals surface area contributed by atoms with Crippen LogP contribution in [0.2, 0.25) is 0 Å². The average Bonchev–Trinajstić information content (AvgIpc) is 2.40. The van der Waals surface area contributed by atoms with E-state index >= 15 is 0 Å². The number of aryl methyl sites for hydroxylation is 1. The van der Waals surface area contributed by atoms with E-state index in [0.29, 0.717) is 0 Å². The van der Waals surface area contributed by atoms with E-state index in [1.54, 1.807) is 6.20 Å². The van der Waals surface area contributed by atoms with E-state index in [0.717, 1.165) is 24.0 Å². The second-order valence-corrected chi connectivity index (χ2v) is 4.26. The molecule has 0 spiro atoms. The van der Waals surface area contributed by atoms with E-state index < -0.39 is 0 Å². The van der Waals surface area contributed by atoms with Crippen LogP contribution in [-0.2, 0) is 6.42 Å². The maximum atomic E-state index is 6.24. The van der Waals surface area contributed by atoms with Crippen molar-refractivity contribution in [3.63, 3.8) is 0 Å². The van der Waals surface area contributed by atoms with E-state index in [1.165, 1.54) is 5.56 Å². The molecular formula is C15H18N2. The zero-order chi connectivity index (χ0) is 12.1. The minimum atomic E-state index is -0.0829. The van der Waals surface area contributed by atoms with Crippen LogP contribution in [0.25, 0.3) is 0 Å². The van der Waals surface area contributed by atoms with Gasteiger partial charge in [0.1, 0.15) is 0 Å². The first-order valence-electron chi connectivity index (χ1n) is 6.05. The fraction of sp³-hybridized carbons (Fsp3) is 0.267. The summed E-state index contributed by atoms with van der Waals surface area (Å²) in [5.74, 6) is 0. The second-order valence-electron chi connectivity index (χ2n) is 4.26. The summed E-state index contributed by atoms with van der Waals surface area (Å²) in [6, 6.07) is 12.4. The molecule has 1 unspecified atom stereocenters. The van der Waals surface area contributed by atoms with Crippen LogP contribution in [-0.4, -0.2) is 4.98 Å². The summed E-state index contributed by atoms with van der Waals surface area (Å²) in [5.41, 5.74) is 9.81. The molecule has 0 aliphatic carbocycles. The van der Waals surface area contributed by atoms with Crippen molar-refractivity contribution in [3.8, 4) is 0 Å². The Kier molecular flexibility index (Phi) is 3.89. The Morgan fingerprint density at radius 3 is 2.71 bits per heavy atom. The molecule has 2 N–H and O–H groups in total. The zero-order valence-electron chi connectivity index (χ0n) is 10.1. The standard InChI is InChI=1S/C15H18N2/c1-2-5-12-6-3-7-13(10-12)15(16)14-8-4-9-17-11-14/h3-4,6-11,15H,2,5,16H2,1H3. The molecule has 1 aromatic carbocycles. The third-order valence-electron chi connectivity index (χ3n) is 2.89. The van der Waals surface area contributed by atoms with Crippen molar-refractivity contribution in [2.45, 2.75) is 25.8 Å². The van der Waals surface area contributed by atoms with Crippen LogP contribution in [0.15, 0.2) is 48.8 Å². The number of hydrogen-bond donors (Lipinski definition) is 1. The van der Waals surface area contributed by atoms with Gasteiger partial charge in [-0.05, 0) is 29.2 Å². The molecule has 2 rings (SSSR count). The maximum Gasteiger partial charge on any atom is 0.0567 e. The van der Waals surface area contributed by atoms with Gasteiger partial charge in [0.2, 0.25) is 0 Å². The summed E-state index contributed by atoms with van der Waals surface area (Å²) in [5, 5.41) is 0. The molecular weight excluding hydrogens is 208 g/mol. The van der Waals surface area contributed by atoms with Crippen molar-refractivity contribution in [1.29, 1.82) is 0 Å². The van der Waals surface area contributed by atoms with Crippen LogP contribution in [0, 0.1) is 0 Å². The first-order chi connectivity index (χ1) is 8.31. The Labute approximate surface area is 103 Å². The number of aromatic nitrogens is 1. The van der Waals surface area contributed by atoms with Crippen LogP contribution in [0.1, 0.15) is 36.1 Å². The molecule has 17 heavy (non-hydrogen) atoms. The van der Waals surface area contributed by atoms with Crippen molar-refractivity contribution in [2.75, 3.05) is 0 Å². The minimum Gasteiger partial charge on any atom is -0.320 e. The van der Waals surface area contributed by atoms with Crippen LogP contribution in [0.3, 0.4) is 0 Å². The van der Waals surface area contributed by atoms with Gasteiger partial charge in [-0.25, -0.2) is 0 Å². The van der Waals surface area contributed by atoms with E-state index in [9.17, 15) is 0 Å². The van der Waals surface area contributed by atoms with Crippen LogP contribution in [0.4, 0.5) is 0 Å². The largest absolute Gasteiger partial charge is 0.320 e. The molecule has 0 bridgehead atoms. The van der Waals surface area contributed by atoms with Gasteiger partial charge in [-0.2, -0.15) is 0 Å². The molecule has 0 aliphatic rings. The molecule has 2 nitrogen and oxygen atoms in total. The smallest absolute Gasteiger partial charge is 0.0567 e. The molecule has 1 aromatic heterocycles. The lowest BCUT2D eigenvalue weighted by Gasteiger charge is -2.13. The van der Waals surface area contributed by atoms with Gasteiger partial charge >= 0.3 is 0 Å². The predicted octanol–water partition coefficient (Wildman–Crippen LogP) is 3.08. The van der Waals surface area contributed by atoms with Crippen molar-refractivity contribution in [3.05, 3.63) is 65.5 Å². The maximum absolute atomic E-state index is 6.24. The lowest BCUT2D eigenvalue weighted by atomic mass is 9.98. The molecule has 1 atom stereocenters. The number of hydrogen-bond acceptors (Lipinski definition) is 2. The summed E-state index contributed by atoms with van der Waals surface area (Å²) < 4.78 is 0. The fourth-order valence-electron chi connectivity index (χ4n) is 1.98. The third kappa shape index (κ3) is 2.92. The summed E-state index contributed by atoms with van der Waals surface area (Å²) in [6.07, 6.45) is 5.86. The highest BCUT2D eigenvalue weighted by Crippen LogP contribution is 2.20. The van der Waals surface area contributed by atoms with Crippen molar-refractivity contribution in [1.82, 2.24) is 4.98 Å². The van der Waals surface area contributed by atoms with Gasteiger partial charge in [-0.3, -0.25) is 4.98 Å². The highest BCUT2D eigenvalue weighted by Gasteiger charge is 2.08. The summed E-state index contributed by atoms with van der Waals surface area (Å²) in [7, 11) is 0. The Morgan fingerprint density at radius 2 is 2.00 bits per heavy atom. The van der Waals surface area contributed by atoms with Gasteiger partial charge in [-0.1, -0.05) is 43.7 Å². The Hall–Kier alpha value is -1.67. The van der Waals surface area contributed by atoms with E-state index in [1.807, 2.05) is 18.3 Å². The molecule has 1 heterocycles. The van der Waals surface area contributed by atoms with Crippen LogP contribution < -0.4 is 5.73 Å². The SMILES string of the molecule is CCCc1cccc(C(N)c2cccnc2)c1. The first kappa shape index (κ1) is 11.8. The molecule has 0 amide bonds. The summed E-state index contributed by atoms with van der Waals surface area (Å²) >= 11 is 0. The third-order valence-corrected chi connectivity index (χ3v) is 2.89. The second kappa shape index (κ2) is 5.60. The monoisotopic (exact) mass is 226 g/mol. The van der Waals surface area contributed by atoms with Crippen molar-refractivity contribution >= 4 is 0 Å². The van der Waals surface area contributed by atoms with Gasteiger partial charge < -0.3 is 5.73 Å². The van der Waals surface area contributed by atoms with Gasteiger partial charge in [0.05, 0.1) is 6.04 Å². The highest BCUT2D eigenvalue weighted by atomic mass is 14.7. The lowest BCUT2D eigenvalue weighted by molar-refractivity contribution is 0.852. The Balaban J connectivity index is 2.25. The number of benzene rings is 1. The molecule has 0 aliphatic heterocycles. The van der Waals surface area contributed by atoms with Gasteiger partial charge in [0.25, 0.3) is 0 Å². The minimum absolute atomic E-state index is 0.0829. The molecule has 2 heteroatoms. The average molecular weight is 226 g/mol. The van der Waals surface area contributed by atoms with Crippen LogP contribution >= 0.6 is 0 Å². The fourth-order valence-corrected chi connectivity index (χ4v) is 1.98. The Bertz CT molecular complexity index is 465. The lowest BCUT2D eigenvalue weighted by Crippen LogP contribution is -2.12. The van der Waals surface area contributed by atoms with Gasteiger partial charge in [-0.15, -0.1) is 0 Å². The number of nitrogens with two attached hydrogens (primary N) is 1. The number of pyridine rings is 1. The van der Waals surface area contributed by atoms with Crippen LogP contribution in [0.5, 0.6) is 0 Å².